The second kappa shape index (κ2) is 10.9. The number of aryl methyl sites for hydroxylation is 1. The quantitative estimate of drug-likeness (QED) is 0.328. The number of phenols is 1. The van der Waals surface area contributed by atoms with Crippen LogP contribution < -0.4 is 0 Å². The Morgan fingerprint density at radius 1 is 0.821 bits per heavy atom. The van der Waals surface area contributed by atoms with Crippen LogP contribution in [0.4, 0.5) is 0 Å². The molecule has 0 aliphatic rings. The number of unbranched alkanes of at least 4 members (excludes halogenated alkanes) is 9. The van der Waals surface area contributed by atoms with Gasteiger partial charge in [0.25, 0.3) is 0 Å². The number of rotatable bonds is 12. The van der Waals surface area contributed by atoms with Crippen molar-refractivity contribution in [3.63, 3.8) is 0 Å². The molecule has 0 radical (unpaired) electrons. The standard InChI is InChI=1S/C25H33NO2/c1-2-3-4-5-6-7-8-9-10-11-14-20-17-18-24-22(19-20)26-25(28-24)21-15-12-13-16-23(21)27/h12-13,15-19,27H,2-11,14H2,1H3. The van der Waals surface area contributed by atoms with Crippen molar-refractivity contribution in [3.8, 4) is 17.2 Å². The highest BCUT2D eigenvalue weighted by atomic mass is 16.3. The Bertz CT molecular complexity index is 853. The number of fused-ring (bicyclic) bond motifs is 1. The van der Waals surface area contributed by atoms with E-state index in [9.17, 15) is 5.11 Å². The average molecular weight is 380 g/mol. The fourth-order valence-electron chi connectivity index (χ4n) is 3.71. The Morgan fingerprint density at radius 2 is 1.50 bits per heavy atom. The Hall–Kier alpha value is -2.29. The number of hydrogen-bond donors (Lipinski definition) is 1. The van der Waals surface area contributed by atoms with Crippen molar-refractivity contribution in [1.29, 1.82) is 0 Å². The third kappa shape index (κ3) is 5.85. The van der Waals surface area contributed by atoms with Crippen molar-refractivity contribution in [2.75, 3.05) is 0 Å². The lowest BCUT2D eigenvalue weighted by atomic mass is 10.0. The van der Waals surface area contributed by atoms with Crippen LogP contribution in [0.1, 0.15) is 76.7 Å². The molecule has 3 aromatic rings. The largest absolute Gasteiger partial charge is 0.507 e. The van der Waals surface area contributed by atoms with Gasteiger partial charge in [0.1, 0.15) is 11.3 Å². The minimum Gasteiger partial charge on any atom is -0.507 e. The molecular formula is C25H33NO2. The Labute approximate surface area is 168 Å². The molecule has 0 spiro atoms. The molecule has 0 bridgehead atoms. The first-order valence-corrected chi connectivity index (χ1v) is 11.0. The number of phenolic OH excluding ortho intramolecular Hbond substituents is 1. The molecule has 0 aliphatic carbocycles. The van der Waals surface area contributed by atoms with Crippen molar-refractivity contribution in [3.05, 3.63) is 48.0 Å². The number of hydrogen-bond acceptors (Lipinski definition) is 3. The van der Waals surface area contributed by atoms with Gasteiger partial charge in [-0.2, -0.15) is 0 Å². The van der Waals surface area contributed by atoms with Gasteiger partial charge in [-0.3, -0.25) is 0 Å². The zero-order valence-corrected chi connectivity index (χ0v) is 17.1. The van der Waals surface area contributed by atoms with Crippen molar-refractivity contribution < 1.29 is 9.52 Å². The number of nitrogens with zero attached hydrogens (tertiary/aromatic N) is 1. The molecule has 3 rings (SSSR count). The minimum atomic E-state index is 0.194. The normalized spacial score (nSPS) is 11.3. The zero-order chi connectivity index (χ0) is 19.6. The van der Waals surface area contributed by atoms with Crippen molar-refractivity contribution in [2.45, 2.75) is 77.6 Å². The van der Waals surface area contributed by atoms with Crippen LogP contribution in [0, 0.1) is 0 Å². The highest BCUT2D eigenvalue weighted by molar-refractivity contribution is 5.78. The molecule has 2 aromatic carbocycles. The average Bonchev–Trinajstić information content (AvgIpc) is 3.13. The third-order valence-corrected chi connectivity index (χ3v) is 5.41. The van der Waals surface area contributed by atoms with Gasteiger partial charge >= 0.3 is 0 Å². The maximum atomic E-state index is 10.0. The summed E-state index contributed by atoms with van der Waals surface area (Å²) in [4.78, 5) is 4.58. The predicted molar refractivity (Wildman–Crippen MR) is 117 cm³/mol. The van der Waals surface area contributed by atoms with Gasteiger partial charge < -0.3 is 9.52 Å². The number of benzene rings is 2. The van der Waals surface area contributed by atoms with Crippen LogP contribution in [0.15, 0.2) is 46.9 Å². The maximum absolute atomic E-state index is 10.0. The Balaban J connectivity index is 1.43. The SMILES string of the molecule is CCCCCCCCCCCCc1ccc2oc(-c3ccccc3O)nc2c1. The third-order valence-electron chi connectivity index (χ3n) is 5.41. The molecule has 150 valence electrons. The zero-order valence-electron chi connectivity index (χ0n) is 17.1. The van der Waals surface area contributed by atoms with E-state index >= 15 is 0 Å². The highest BCUT2D eigenvalue weighted by Gasteiger charge is 2.11. The van der Waals surface area contributed by atoms with Gasteiger partial charge in [-0.15, -0.1) is 0 Å². The summed E-state index contributed by atoms with van der Waals surface area (Å²) in [5, 5.41) is 10.0. The summed E-state index contributed by atoms with van der Waals surface area (Å²) < 4.78 is 5.82. The van der Waals surface area contributed by atoms with E-state index in [1.165, 1.54) is 69.8 Å². The summed E-state index contributed by atoms with van der Waals surface area (Å²) in [6.45, 7) is 2.27. The van der Waals surface area contributed by atoms with E-state index < -0.39 is 0 Å². The first kappa shape index (κ1) is 20.4. The number of aromatic hydroxyl groups is 1. The van der Waals surface area contributed by atoms with E-state index in [4.69, 9.17) is 4.42 Å². The molecule has 0 fully saturated rings. The van der Waals surface area contributed by atoms with Gasteiger partial charge in [-0.25, -0.2) is 4.98 Å². The molecular weight excluding hydrogens is 346 g/mol. The van der Waals surface area contributed by atoms with Gasteiger partial charge in [0.05, 0.1) is 5.56 Å². The van der Waals surface area contributed by atoms with Crippen LogP contribution >= 0.6 is 0 Å². The van der Waals surface area contributed by atoms with Gasteiger partial charge in [-0.05, 0) is 42.7 Å². The van der Waals surface area contributed by atoms with Crippen LogP contribution in [0.3, 0.4) is 0 Å². The predicted octanol–water partition coefficient (Wildman–Crippen LogP) is 7.66. The Kier molecular flexibility index (Phi) is 7.95. The van der Waals surface area contributed by atoms with Gasteiger partial charge in [0, 0.05) is 0 Å². The van der Waals surface area contributed by atoms with Crippen LogP contribution in [0.5, 0.6) is 5.75 Å². The smallest absolute Gasteiger partial charge is 0.231 e. The van der Waals surface area contributed by atoms with E-state index in [2.05, 4.69) is 24.0 Å². The van der Waals surface area contributed by atoms with Crippen molar-refractivity contribution >= 4 is 11.1 Å². The molecule has 1 N–H and O–H groups in total. The summed E-state index contributed by atoms with van der Waals surface area (Å²) in [6.07, 6.45) is 14.7. The number of aromatic nitrogens is 1. The lowest BCUT2D eigenvalue weighted by molar-refractivity contribution is 0.474. The molecule has 0 atom stereocenters. The summed E-state index contributed by atoms with van der Waals surface area (Å²) in [5.74, 6) is 0.670. The van der Waals surface area contributed by atoms with Gasteiger partial charge in [0.15, 0.2) is 5.58 Å². The Morgan fingerprint density at radius 3 is 2.21 bits per heavy atom. The van der Waals surface area contributed by atoms with E-state index in [0.717, 1.165) is 17.5 Å². The second-order valence-electron chi connectivity index (χ2n) is 7.77. The van der Waals surface area contributed by atoms with Crippen molar-refractivity contribution in [1.82, 2.24) is 4.98 Å². The topological polar surface area (TPSA) is 46.3 Å². The fraction of sp³-hybridized carbons (Fsp3) is 0.480. The van der Waals surface area contributed by atoms with E-state index in [1.807, 2.05) is 18.2 Å². The molecule has 0 saturated heterocycles. The minimum absolute atomic E-state index is 0.194. The van der Waals surface area contributed by atoms with Crippen molar-refractivity contribution in [2.24, 2.45) is 0 Å². The molecule has 0 amide bonds. The van der Waals surface area contributed by atoms with E-state index in [-0.39, 0.29) is 5.75 Å². The second-order valence-corrected chi connectivity index (χ2v) is 7.77. The fourth-order valence-corrected chi connectivity index (χ4v) is 3.71. The molecule has 3 heteroatoms. The summed E-state index contributed by atoms with van der Waals surface area (Å²) in [7, 11) is 0. The number of para-hydroxylation sites is 1. The molecule has 3 nitrogen and oxygen atoms in total. The van der Waals surface area contributed by atoms with E-state index in [1.54, 1.807) is 12.1 Å². The van der Waals surface area contributed by atoms with E-state index in [0.29, 0.717) is 11.5 Å². The summed E-state index contributed by atoms with van der Waals surface area (Å²) in [5.41, 5.74) is 3.58. The van der Waals surface area contributed by atoms with Crippen LogP contribution in [0.25, 0.3) is 22.6 Å². The lowest BCUT2D eigenvalue weighted by Crippen LogP contribution is -1.87. The monoisotopic (exact) mass is 379 g/mol. The lowest BCUT2D eigenvalue weighted by Gasteiger charge is -2.03. The molecule has 1 heterocycles. The first-order chi connectivity index (χ1) is 13.8. The summed E-state index contributed by atoms with van der Waals surface area (Å²) >= 11 is 0. The van der Waals surface area contributed by atoms with Crippen LogP contribution in [0.2, 0.25) is 0 Å². The maximum Gasteiger partial charge on any atom is 0.231 e. The first-order valence-electron chi connectivity index (χ1n) is 11.0. The molecule has 0 saturated carbocycles. The summed E-state index contributed by atoms with van der Waals surface area (Å²) in [6, 6.07) is 13.4. The van der Waals surface area contributed by atoms with Crippen LogP contribution in [-0.4, -0.2) is 10.1 Å². The molecule has 28 heavy (non-hydrogen) atoms. The molecule has 0 unspecified atom stereocenters. The van der Waals surface area contributed by atoms with Crippen LogP contribution in [-0.2, 0) is 6.42 Å². The highest BCUT2D eigenvalue weighted by Crippen LogP contribution is 2.31. The molecule has 1 aromatic heterocycles. The number of oxazole rings is 1. The van der Waals surface area contributed by atoms with Gasteiger partial charge in [0.2, 0.25) is 5.89 Å². The van der Waals surface area contributed by atoms with Gasteiger partial charge in [-0.1, -0.05) is 82.9 Å². The molecule has 0 aliphatic heterocycles.